The number of anilines is 1. The summed E-state index contributed by atoms with van der Waals surface area (Å²) >= 11 is 3.17. The second-order valence-electron chi connectivity index (χ2n) is 5.69. The highest BCUT2D eigenvalue weighted by molar-refractivity contribution is 9.11. The van der Waals surface area contributed by atoms with E-state index in [1.54, 1.807) is 34.0 Å². The fourth-order valence-corrected chi connectivity index (χ4v) is 2.86. The van der Waals surface area contributed by atoms with Crippen LogP contribution in [-0.2, 0) is 9.53 Å². The van der Waals surface area contributed by atoms with Gasteiger partial charge in [0.2, 0.25) is 5.91 Å². The van der Waals surface area contributed by atoms with Crippen molar-refractivity contribution >= 4 is 39.7 Å². The minimum absolute atomic E-state index is 0.204. The van der Waals surface area contributed by atoms with Crippen LogP contribution in [0.2, 0.25) is 0 Å². The van der Waals surface area contributed by atoms with Crippen LogP contribution in [-0.4, -0.2) is 40.7 Å². The van der Waals surface area contributed by atoms with E-state index in [0.29, 0.717) is 17.1 Å². The number of benzene rings is 1. The van der Waals surface area contributed by atoms with Gasteiger partial charge in [0.1, 0.15) is 11.9 Å². The maximum Gasteiger partial charge on any atom is 0.414 e. The highest BCUT2D eigenvalue weighted by atomic mass is 79.9. The van der Waals surface area contributed by atoms with Crippen LogP contribution >= 0.6 is 15.9 Å². The van der Waals surface area contributed by atoms with Crippen molar-refractivity contribution in [3.8, 4) is 5.69 Å². The number of imidazole rings is 1. The molecule has 1 aromatic heterocycles. The highest BCUT2D eigenvalue weighted by Gasteiger charge is 2.32. The number of cyclic esters (lactones) is 1. The fourth-order valence-electron chi connectivity index (χ4n) is 2.59. The number of carbonyl (C=O) groups is 2. The molecular formula is C17H16BrFN4O3. The SMILES string of the molecule is CC(=O)NC[C@H]1CN(c2ccc(-n3cnc(/C=C/Br)c3)c(F)c2)C(=O)O1. The zero-order valence-electron chi connectivity index (χ0n) is 13.9. The number of halogens is 2. The highest BCUT2D eigenvalue weighted by Crippen LogP contribution is 2.25. The summed E-state index contributed by atoms with van der Waals surface area (Å²) in [5.74, 6) is -0.697. The van der Waals surface area contributed by atoms with Crippen molar-refractivity contribution < 1.29 is 18.7 Å². The van der Waals surface area contributed by atoms with E-state index in [1.165, 1.54) is 24.2 Å². The first-order valence-corrected chi connectivity index (χ1v) is 8.72. The number of aromatic nitrogens is 2. The van der Waals surface area contributed by atoms with Gasteiger partial charge in [0, 0.05) is 13.1 Å². The quantitative estimate of drug-likeness (QED) is 0.803. The lowest BCUT2D eigenvalue weighted by Gasteiger charge is -2.14. The molecule has 3 rings (SSSR count). The van der Waals surface area contributed by atoms with Crippen LogP contribution < -0.4 is 10.2 Å². The van der Waals surface area contributed by atoms with Gasteiger partial charge in [-0.05, 0) is 29.3 Å². The van der Waals surface area contributed by atoms with Crippen molar-refractivity contribution in [1.29, 1.82) is 0 Å². The molecule has 1 fully saturated rings. The molecule has 0 saturated carbocycles. The van der Waals surface area contributed by atoms with Crippen molar-refractivity contribution in [1.82, 2.24) is 14.9 Å². The Hall–Kier alpha value is -2.68. The molecule has 0 radical (unpaired) electrons. The summed E-state index contributed by atoms with van der Waals surface area (Å²) in [6.07, 6.45) is 3.89. The van der Waals surface area contributed by atoms with Gasteiger partial charge in [-0.25, -0.2) is 14.2 Å². The van der Waals surface area contributed by atoms with Gasteiger partial charge in [0.25, 0.3) is 0 Å². The molecule has 1 atom stereocenters. The predicted octanol–water partition coefficient (Wildman–Crippen LogP) is 2.84. The van der Waals surface area contributed by atoms with Crippen LogP contribution in [0.15, 0.2) is 35.7 Å². The Bertz CT molecular complexity index is 867. The third-order valence-corrected chi connectivity index (χ3v) is 4.07. The number of carbonyl (C=O) groups excluding carboxylic acids is 2. The largest absolute Gasteiger partial charge is 0.442 e. The second-order valence-corrected chi connectivity index (χ2v) is 6.22. The van der Waals surface area contributed by atoms with Crippen molar-refractivity contribution in [2.45, 2.75) is 13.0 Å². The molecule has 2 heterocycles. The maximum absolute atomic E-state index is 14.6. The van der Waals surface area contributed by atoms with Gasteiger partial charge >= 0.3 is 6.09 Å². The predicted molar refractivity (Wildman–Crippen MR) is 97.8 cm³/mol. The molecule has 0 bridgehead atoms. The Kier molecular flexibility index (Phi) is 5.36. The Morgan fingerprint density at radius 1 is 1.54 bits per heavy atom. The summed E-state index contributed by atoms with van der Waals surface area (Å²) in [5.41, 5.74) is 1.38. The summed E-state index contributed by atoms with van der Waals surface area (Å²) in [6, 6.07) is 4.49. The average molecular weight is 423 g/mol. The van der Waals surface area contributed by atoms with Crippen molar-refractivity contribution in [2.24, 2.45) is 0 Å². The molecule has 1 saturated heterocycles. The topological polar surface area (TPSA) is 76.5 Å². The van der Waals surface area contributed by atoms with Gasteiger partial charge in [0.05, 0.1) is 36.5 Å². The molecular weight excluding hydrogens is 407 g/mol. The van der Waals surface area contributed by atoms with Gasteiger partial charge in [-0.2, -0.15) is 0 Å². The maximum atomic E-state index is 14.6. The summed E-state index contributed by atoms with van der Waals surface area (Å²) in [5, 5.41) is 2.60. The minimum atomic E-state index is -0.570. The molecule has 2 amide bonds. The van der Waals surface area contributed by atoms with Crippen LogP contribution in [0.25, 0.3) is 11.8 Å². The lowest BCUT2D eigenvalue weighted by molar-refractivity contribution is -0.119. The zero-order valence-corrected chi connectivity index (χ0v) is 15.4. The van der Waals surface area contributed by atoms with Crippen LogP contribution in [0.3, 0.4) is 0 Å². The van der Waals surface area contributed by atoms with Gasteiger partial charge in [0.15, 0.2) is 0 Å². The van der Waals surface area contributed by atoms with E-state index in [2.05, 4.69) is 26.2 Å². The van der Waals surface area contributed by atoms with E-state index in [1.807, 2.05) is 0 Å². The molecule has 0 unspecified atom stereocenters. The normalized spacial score (nSPS) is 17.0. The Balaban J connectivity index is 1.76. The minimum Gasteiger partial charge on any atom is -0.442 e. The summed E-state index contributed by atoms with van der Waals surface area (Å²) in [6.45, 7) is 1.85. The number of nitrogens with one attached hydrogen (secondary N) is 1. The molecule has 9 heteroatoms. The first-order valence-electron chi connectivity index (χ1n) is 7.81. The molecule has 1 aromatic carbocycles. The number of nitrogens with zero attached hydrogens (tertiary/aromatic N) is 3. The number of rotatable bonds is 5. The lowest BCUT2D eigenvalue weighted by Crippen LogP contribution is -2.33. The lowest BCUT2D eigenvalue weighted by atomic mass is 10.2. The van der Waals surface area contributed by atoms with E-state index in [0.717, 1.165) is 0 Å². The molecule has 26 heavy (non-hydrogen) atoms. The molecule has 1 N–H and O–H groups in total. The first-order chi connectivity index (χ1) is 12.5. The number of hydrogen-bond acceptors (Lipinski definition) is 4. The molecule has 0 spiro atoms. The second kappa shape index (κ2) is 7.69. The smallest absolute Gasteiger partial charge is 0.414 e. The number of hydrogen-bond donors (Lipinski definition) is 1. The van der Waals surface area contributed by atoms with Crippen LogP contribution in [0.5, 0.6) is 0 Å². The molecule has 0 aliphatic carbocycles. The van der Waals surface area contributed by atoms with Gasteiger partial charge in [-0.3, -0.25) is 9.69 Å². The van der Waals surface area contributed by atoms with Crippen LogP contribution in [0.1, 0.15) is 12.6 Å². The first kappa shape index (κ1) is 18.1. The van der Waals surface area contributed by atoms with Gasteiger partial charge in [-0.15, -0.1) is 0 Å². The molecule has 136 valence electrons. The third-order valence-electron chi connectivity index (χ3n) is 3.81. The average Bonchev–Trinajstić information content (AvgIpc) is 3.20. The third kappa shape index (κ3) is 3.93. The Morgan fingerprint density at radius 2 is 2.35 bits per heavy atom. The fraction of sp³-hybridized carbons (Fsp3) is 0.235. The zero-order chi connectivity index (χ0) is 18.7. The summed E-state index contributed by atoms with van der Waals surface area (Å²) in [7, 11) is 0. The van der Waals surface area contributed by atoms with Gasteiger partial charge in [-0.1, -0.05) is 15.9 Å². The molecule has 7 nitrogen and oxygen atoms in total. The van der Waals surface area contributed by atoms with Crippen LogP contribution in [0.4, 0.5) is 14.9 Å². The van der Waals surface area contributed by atoms with Crippen molar-refractivity contribution in [3.63, 3.8) is 0 Å². The summed E-state index contributed by atoms with van der Waals surface area (Å²) < 4.78 is 21.3. The van der Waals surface area contributed by atoms with E-state index >= 15 is 0 Å². The van der Waals surface area contributed by atoms with Crippen molar-refractivity contribution in [2.75, 3.05) is 18.0 Å². The standard InChI is InChI=1S/C17H16BrFN4O3/c1-11(24)20-7-14-9-23(17(25)26-14)13-2-3-16(15(19)6-13)22-8-12(4-5-18)21-10-22/h2-6,8,10,14H,7,9H2,1H3,(H,20,24)/b5-4+/t14-/m0/s1. The Labute approximate surface area is 157 Å². The van der Waals surface area contributed by atoms with Gasteiger partial charge < -0.3 is 14.6 Å². The monoisotopic (exact) mass is 422 g/mol. The van der Waals surface area contributed by atoms with E-state index in [-0.39, 0.29) is 19.0 Å². The van der Waals surface area contributed by atoms with E-state index in [9.17, 15) is 14.0 Å². The van der Waals surface area contributed by atoms with E-state index in [4.69, 9.17) is 4.74 Å². The van der Waals surface area contributed by atoms with E-state index < -0.39 is 18.0 Å². The molecule has 1 aliphatic rings. The Morgan fingerprint density at radius 3 is 3.04 bits per heavy atom. The molecule has 2 aromatic rings. The summed E-state index contributed by atoms with van der Waals surface area (Å²) in [4.78, 5) is 30.1. The van der Waals surface area contributed by atoms with Crippen molar-refractivity contribution in [3.05, 3.63) is 47.2 Å². The number of amides is 2. The van der Waals surface area contributed by atoms with Crippen LogP contribution in [0, 0.1) is 5.82 Å². The molecule has 1 aliphatic heterocycles. The number of ether oxygens (including phenoxy) is 1.